The lowest BCUT2D eigenvalue weighted by molar-refractivity contribution is -0.116. The molecular formula is C10H14N2OS. The van der Waals surface area contributed by atoms with Gasteiger partial charge in [-0.2, -0.15) is 0 Å². The van der Waals surface area contributed by atoms with Gasteiger partial charge in [0.15, 0.2) is 0 Å². The third kappa shape index (κ3) is 1.66. The molecule has 2 rings (SSSR count). The molecule has 0 N–H and O–H groups in total. The van der Waals surface area contributed by atoms with Crippen LogP contribution in [-0.4, -0.2) is 17.4 Å². The zero-order chi connectivity index (χ0) is 10.1. The Morgan fingerprint density at radius 3 is 3.00 bits per heavy atom. The van der Waals surface area contributed by atoms with Gasteiger partial charge in [-0.25, -0.2) is 4.98 Å². The Hall–Kier alpha value is -0.900. The predicted molar refractivity (Wildman–Crippen MR) is 57.8 cm³/mol. The van der Waals surface area contributed by atoms with Crippen molar-refractivity contribution >= 4 is 22.2 Å². The Kier molecular flexibility index (Phi) is 2.54. The molecule has 0 bridgehead atoms. The maximum absolute atomic E-state index is 11.4. The monoisotopic (exact) mass is 210 g/mol. The summed E-state index contributed by atoms with van der Waals surface area (Å²) in [7, 11) is 0. The number of nitrogens with zero attached hydrogens (tertiary/aromatic N) is 2. The van der Waals surface area contributed by atoms with Crippen LogP contribution >= 0.6 is 11.3 Å². The summed E-state index contributed by atoms with van der Waals surface area (Å²) in [6.45, 7) is 4.48. The fourth-order valence-corrected chi connectivity index (χ4v) is 2.83. The standard InChI is InChI=1S/C10H14N2OS/c1-7-11-9-5-3-4-6-12(8(2)13)10(9)14-7/h3-6H2,1-2H3. The molecular weight excluding hydrogens is 196 g/mol. The summed E-state index contributed by atoms with van der Waals surface area (Å²) in [4.78, 5) is 17.8. The number of anilines is 1. The van der Waals surface area contributed by atoms with E-state index < -0.39 is 0 Å². The predicted octanol–water partition coefficient (Wildman–Crippen LogP) is 2.14. The highest BCUT2D eigenvalue weighted by Crippen LogP contribution is 2.32. The van der Waals surface area contributed by atoms with Crippen LogP contribution in [0.1, 0.15) is 30.5 Å². The van der Waals surface area contributed by atoms with E-state index in [1.807, 2.05) is 11.8 Å². The Labute approximate surface area is 87.8 Å². The minimum absolute atomic E-state index is 0.136. The van der Waals surface area contributed by atoms with E-state index >= 15 is 0 Å². The van der Waals surface area contributed by atoms with E-state index in [0.29, 0.717) is 0 Å². The summed E-state index contributed by atoms with van der Waals surface area (Å²) in [5.41, 5.74) is 1.11. The van der Waals surface area contributed by atoms with Gasteiger partial charge in [0.25, 0.3) is 0 Å². The van der Waals surface area contributed by atoms with Gasteiger partial charge in [-0.05, 0) is 26.2 Å². The van der Waals surface area contributed by atoms with Crippen LogP contribution in [0, 0.1) is 6.92 Å². The van der Waals surface area contributed by atoms with Crippen LogP contribution in [-0.2, 0) is 11.2 Å². The summed E-state index contributed by atoms with van der Waals surface area (Å²) in [5.74, 6) is 0.136. The minimum atomic E-state index is 0.136. The van der Waals surface area contributed by atoms with Crippen molar-refractivity contribution < 1.29 is 4.79 Å². The fraction of sp³-hybridized carbons (Fsp3) is 0.600. The highest BCUT2D eigenvalue weighted by Gasteiger charge is 2.21. The summed E-state index contributed by atoms with van der Waals surface area (Å²) in [6, 6.07) is 0. The van der Waals surface area contributed by atoms with E-state index in [1.54, 1.807) is 18.3 Å². The van der Waals surface area contributed by atoms with Crippen molar-refractivity contribution in [3.05, 3.63) is 10.7 Å². The number of fused-ring (bicyclic) bond motifs is 1. The van der Waals surface area contributed by atoms with Gasteiger partial charge in [0.1, 0.15) is 5.00 Å². The molecule has 14 heavy (non-hydrogen) atoms. The van der Waals surface area contributed by atoms with E-state index in [9.17, 15) is 4.79 Å². The van der Waals surface area contributed by atoms with E-state index in [1.165, 1.54) is 0 Å². The number of aromatic nitrogens is 1. The molecule has 0 aromatic carbocycles. The normalized spacial score (nSPS) is 16.3. The van der Waals surface area contributed by atoms with E-state index in [2.05, 4.69) is 4.98 Å². The van der Waals surface area contributed by atoms with Crippen LogP contribution in [0.5, 0.6) is 0 Å². The van der Waals surface area contributed by atoms with E-state index in [0.717, 1.165) is 41.5 Å². The Morgan fingerprint density at radius 1 is 1.50 bits per heavy atom. The molecule has 0 saturated carbocycles. The maximum Gasteiger partial charge on any atom is 0.224 e. The molecule has 1 amide bonds. The zero-order valence-corrected chi connectivity index (χ0v) is 9.36. The van der Waals surface area contributed by atoms with Crippen LogP contribution in [0.25, 0.3) is 0 Å². The van der Waals surface area contributed by atoms with Gasteiger partial charge in [-0.1, -0.05) is 0 Å². The summed E-state index contributed by atoms with van der Waals surface area (Å²) in [5, 5.41) is 2.13. The quantitative estimate of drug-likeness (QED) is 0.657. The molecule has 4 heteroatoms. The highest BCUT2D eigenvalue weighted by molar-refractivity contribution is 7.16. The molecule has 0 spiro atoms. The molecule has 0 fully saturated rings. The second kappa shape index (κ2) is 3.69. The van der Waals surface area contributed by atoms with E-state index in [-0.39, 0.29) is 5.91 Å². The van der Waals surface area contributed by atoms with Gasteiger partial charge < -0.3 is 4.90 Å². The molecule has 1 aliphatic heterocycles. The van der Waals surface area contributed by atoms with Crippen LogP contribution in [0.4, 0.5) is 5.00 Å². The van der Waals surface area contributed by atoms with Crippen LogP contribution < -0.4 is 4.90 Å². The lowest BCUT2D eigenvalue weighted by Gasteiger charge is -2.17. The van der Waals surface area contributed by atoms with Crippen LogP contribution in [0.3, 0.4) is 0 Å². The largest absolute Gasteiger partial charge is 0.302 e. The number of aryl methyl sites for hydroxylation is 2. The fourth-order valence-electron chi connectivity index (χ4n) is 1.80. The third-order valence-corrected chi connectivity index (χ3v) is 3.49. The molecule has 0 radical (unpaired) electrons. The first-order chi connectivity index (χ1) is 6.68. The highest BCUT2D eigenvalue weighted by atomic mass is 32.1. The number of hydrogen-bond acceptors (Lipinski definition) is 3. The number of carbonyl (C=O) groups excluding carboxylic acids is 1. The van der Waals surface area contributed by atoms with Crippen molar-refractivity contribution in [2.45, 2.75) is 33.1 Å². The lowest BCUT2D eigenvalue weighted by atomic mass is 10.2. The summed E-state index contributed by atoms with van der Waals surface area (Å²) < 4.78 is 0. The van der Waals surface area contributed by atoms with Crippen LogP contribution in [0.2, 0.25) is 0 Å². The topological polar surface area (TPSA) is 33.2 Å². The first-order valence-corrected chi connectivity index (χ1v) is 5.74. The van der Waals surface area contributed by atoms with Crippen molar-refractivity contribution in [1.29, 1.82) is 0 Å². The van der Waals surface area contributed by atoms with Crippen molar-refractivity contribution in [3.63, 3.8) is 0 Å². The maximum atomic E-state index is 11.4. The third-order valence-electron chi connectivity index (χ3n) is 2.45. The van der Waals surface area contributed by atoms with Crippen LogP contribution in [0.15, 0.2) is 0 Å². The van der Waals surface area contributed by atoms with Gasteiger partial charge in [-0.15, -0.1) is 11.3 Å². The SMILES string of the molecule is CC(=O)N1CCCCc2nc(C)sc21. The van der Waals surface area contributed by atoms with Crippen molar-refractivity contribution in [2.75, 3.05) is 11.4 Å². The van der Waals surface area contributed by atoms with Gasteiger partial charge in [0.05, 0.1) is 10.7 Å². The average molecular weight is 210 g/mol. The first kappa shape index (κ1) is 9.65. The number of thiazole rings is 1. The molecule has 1 aromatic rings. The molecule has 0 aliphatic carbocycles. The lowest BCUT2D eigenvalue weighted by Crippen LogP contribution is -2.28. The second-order valence-corrected chi connectivity index (χ2v) is 4.79. The Balaban J connectivity index is 2.40. The van der Waals surface area contributed by atoms with Gasteiger partial charge in [0.2, 0.25) is 5.91 Å². The molecule has 76 valence electrons. The first-order valence-electron chi connectivity index (χ1n) is 4.93. The molecule has 0 saturated heterocycles. The van der Waals surface area contributed by atoms with Crippen molar-refractivity contribution in [1.82, 2.24) is 4.98 Å². The summed E-state index contributed by atoms with van der Waals surface area (Å²) in [6.07, 6.45) is 3.24. The molecule has 2 heterocycles. The molecule has 3 nitrogen and oxygen atoms in total. The number of rotatable bonds is 0. The molecule has 0 unspecified atom stereocenters. The van der Waals surface area contributed by atoms with Gasteiger partial charge >= 0.3 is 0 Å². The Morgan fingerprint density at radius 2 is 2.29 bits per heavy atom. The zero-order valence-electron chi connectivity index (χ0n) is 8.54. The molecule has 1 aliphatic rings. The number of amides is 1. The number of hydrogen-bond donors (Lipinski definition) is 0. The van der Waals surface area contributed by atoms with Gasteiger partial charge in [-0.3, -0.25) is 4.79 Å². The Bertz CT molecular complexity index is 359. The van der Waals surface area contributed by atoms with Gasteiger partial charge in [0, 0.05) is 13.5 Å². The smallest absolute Gasteiger partial charge is 0.224 e. The molecule has 1 aromatic heterocycles. The minimum Gasteiger partial charge on any atom is -0.302 e. The van der Waals surface area contributed by atoms with Crippen molar-refractivity contribution in [2.24, 2.45) is 0 Å². The number of carbonyl (C=O) groups is 1. The van der Waals surface area contributed by atoms with E-state index in [4.69, 9.17) is 0 Å². The second-order valence-electron chi connectivity index (χ2n) is 3.61. The summed E-state index contributed by atoms with van der Waals surface area (Å²) >= 11 is 1.63. The van der Waals surface area contributed by atoms with Crippen molar-refractivity contribution in [3.8, 4) is 0 Å². The molecule has 0 atom stereocenters. The average Bonchev–Trinajstić information content (AvgIpc) is 2.35.